The SMILES string of the molecule is Cc1cc(S(=O)(=O)Nc2cc(Cl)cnc2-c2nc(=O)[nH]c3ccccc23)ccc1Cl.Cc1cnc(C(=O)c2cncc3[nH]ccc23)c(NS(=O)(=O)c2ccc(Cl)c(Cl)c2)c1.Cc1cnc(C(=O)c2ncnc3[nH]ccc23)c(NS(=O)(=O)c2ccc(Cl)c(Cl)c2)c1.O=C(c1ncc(Cl)cc1NS(=O)(=O)c1ccc(Cl)c(C(F)(F)F)c1)c1ncnc2[nH]ccc12. The van der Waals surface area contributed by atoms with Crippen LogP contribution in [0.4, 0.5) is 35.9 Å². The molecule has 0 fully saturated rings. The number of halogens is 11. The number of ketones is 3. The van der Waals surface area contributed by atoms with Crippen LogP contribution in [0.2, 0.25) is 40.2 Å². The van der Waals surface area contributed by atoms with Gasteiger partial charge >= 0.3 is 11.9 Å². The zero-order valence-electron chi connectivity index (χ0n) is 62.3. The lowest BCUT2D eigenvalue weighted by Crippen LogP contribution is -2.18. The predicted molar refractivity (Wildman–Crippen MR) is 461 cm³/mol. The number of rotatable bonds is 19. The van der Waals surface area contributed by atoms with Gasteiger partial charge in [0.25, 0.3) is 40.1 Å². The van der Waals surface area contributed by atoms with E-state index in [0.29, 0.717) is 77.2 Å². The molecule has 0 saturated carbocycles. The number of nitrogens with one attached hydrogen (secondary N) is 8. The van der Waals surface area contributed by atoms with E-state index in [1.165, 1.54) is 104 Å². The Balaban J connectivity index is 0.000000141. The number of para-hydroxylation sites is 1. The van der Waals surface area contributed by atoms with Crippen molar-refractivity contribution in [2.75, 3.05) is 18.9 Å². The number of anilines is 4. The first kappa shape index (κ1) is 88.7. The summed E-state index contributed by atoms with van der Waals surface area (Å²) < 4.78 is 152. The number of carbonyl (C=O) groups is 3. The van der Waals surface area contributed by atoms with E-state index in [1.54, 1.807) is 87.9 Å². The predicted octanol–water partition coefficient (Wildman–Crippen LogP) is 17.7. The third kappa shape index (κ3) is 20.0. The second-order valence-corrected chi connectivity index (χ2v) is 36.1. The average Bonchev–Trinajstić information content (AvgIpc) is 1.60. The number of nitrogens with zero attached hydrogens (tertiary/aromatic N) is 10. The third-order valence-corrected chi connectivity index (χ3v) is 25.6. The molecule has 0 aliphatic rings. The van der Waals surface area contributed by atoms with Crippen molar-refractivity contribution >= 4 is 217 Å². The highest BCUT2D eigenvalue weighted by atomic mass is 35.5. The minimum atomic E-state index is -4.88. The molecule has 0 bridgehead atoms. The number of aryl methyl sites for hydroxylation is 3. The van der Waals surface area contributed by atoms with E-state index in [9.17, 15) is 66.0 Å². The molecule has 0 saturated heterocycles. The van der Waals surface area contributed by atoms with Crippen molar-refractivity contribution in [3.8, 4) is 11.4 Å². The molecule has 0 atom stereocenters. The fourth-order valence-corrected chi connectivity index (χ4v) is 17.5. The lowest BCUT2D eigenvalue weighted by Gasteiger charge is -2.14. The third-order valence-electron chi connectivity index (χ3n) is 17.5. The summed E-state index contributed by atoms with van der Waals surface area (Å²) in [6.45, 7) is 5.18. The number of benzene rings is 5. The molecule has 0 radical (unpaired) electrons. The number of sulfonamides is 4. The molecule has 30 nitrogen and oxygen atoms in total. The van der Waals surface area contributed by atoms with E-state index < -0.39 is 84.8 Å². The highest BCUT2D eigenvalue weighted by Gasteiger charge is 2.36. The second-order valence-electron chi connectivity index (χ2n) is 26.0. The van der Waals surface area contributed by atoms with Crippen molar-refractivity contribution in [2.24, 2.45) is 0 Å². The molecule has 0 unspecified atom stereocenters. The highest BCUT2D eigenvalue weighted by Crippen LogP contribution is 2.39. The summed E-state index contributed by atoms with van der Waals surface area (Å²) in [6.07, 6.45) is 10.8. The number of aromatic nitrogens is 14. The molecule has 123 heavy (non-hydrogen) atoms. The fraction of sp³-hybridized carbons (Fsp3) is 0.0513. The zero-order valence-corrected chi connectivity index (χ0v) is 71.6. The van der Waals surface area contributed by atoms with Gasteiger partial charge in [-0.25, -0.2) is 63.4 Å². The Morgan fingerprint density at radius 1 is 0.382 bits per heavy atom. The van der Waals surface area contributed by atoms with Gasteiger partial charge in [0.2, 0.25) is 17.3 Å². The van der Waals surface area contributed by atoms with E-state index in [0.717, 1.165) is 30.7 Å². The van der Waals surface area contributed by atoms with Crippen LogP contribution in [0.3, 0.4) is 0 Å². The molecule has 45 heteroatoms. The molecule has 11 aromatic heterocycles. The van der Waals surface area contributed by atoms with Crippen LogP contribution in [0.15, 0.2) is 232 Å². The molecular formula is C78H51Cl8F3N18O12S4. The van der Waals surface area contributed by atoms with Gasteiger partial charge in [-0.05, 0) is 159 Å². The molecule has 5 aromatic carbocycles. The Morgan fingerprint density at radius 2 is 0.821 bits per heavy atom. The number of aromatic amines is 4. The molecular weight excluding hydrogens is 1850 g/mol. The Morgan fingerprint density at radius 3 is 1.34 bits per heavy atom. The standard InChI is InChI=1S/2C20H14Cl2N4O3S.C19H10Cl2F3N5O3S.C19H13Cl2N5O3S/c1-11-6-17(26-30(28,29)12-2-3-15(21)16(22)7-12)19(25-8-11)20(27)14-9-23-10-18-13(14)4-5-24-18;1-11-8-13(6-7-15(11)22)30(28,29)26-17-9-12(21)10-23-19(17)18-14-4-2-3-5-16(14)24-20(27)25-18;20-9-5-14(29-33(31,32)10-1-2-13(21)12(6-10)19(22,23)24)16(26-7-9)17(30)15-11-3-4-25-18(11)28-8-27-15;1-10-6-15(26-30(28,29)11-2-3-13(20)14(21)7-11)17(23-8-10)18(27)16-12-4-5-22-19(12)25-9-24-16/h2-10,24,26H,1H3;2-10,26H,1H3,(H,24,25,27);1-8,29H,(H,25,27,28);2-9,26H,1H3,(H,22,24,25). The monoisotopic (exact) mass is 1900 g/mol. The summed E-state index contributed by atoms with van der Waals surface area (Å²) in [5.41, 5.74) is 2.20. The van der Waals surface area contributed by atoms with Crippen molar-refractivity contribution in [2.45, 2.75) is 46.5 Å². The van der Waals surface area contributed by atoms with Crippen LogP contribution in [0, 0.1) is 20.8 Å². The summed E-state index contributed by atoms with van der Waals surface area (Å²) in [5, 5.41) is 2.77. The van der Waals surface area contributed by atoms with Gasteiger partial charge in [-0.3, -0.25) is 53.2 Å². The highest BCUT2D eigenvalue weighted by molar-refractivity contribution is 7.93. The number of carbonyl (C=O) groups excluding carboxylic acids is 3. The van der Waals surface area contributed by atoms with Gasteiger partial charge in [-0.1, -0.05) is 111 Å². The summed E-state index contributed by atoms with van der Waals surface area (Å²) in [6, 6.07) is 31.9. The quantitative estimate of drug-likeness (QED) is 0.0349. The number of hydrogen-bond donors (Lipinski definition) is 8. The molecule has 0 aliphatic heterocycles. The largest absolute Gasteiger partial charge is 0.417 e. The van der Waals surface area contributed by atoms with Gasteiger partial charge in [0.1, 0.15) is 63.8 Å². The minimum Gasteiger partial charge on any atom is -0.360 e. The number of fused-ring (bicyclic) bond motifs is 4. The van der Waals surface area contributed by atoms with Crippen LogP contribution in [0.5, 0.6) is 0 Å². The molecule has 8 N–H and O–H groups in total. The van der Waals surface area contributed by atoms with Crippen molar-refractivity contribution in [1.82, 2.24) is 69.8 Å². The Hall–Kier alpha value is -12.1. The van der Waals surface area contributed by atoms with Crippen LogP contribution >= 0.6 is 92.8 Å². The summed E-state index contributed by atoms with van der Waals surface area (Å²) in [5.74, 6) is -1.77. The maximum Gasteiger partial charge on any atom is 0.417 e. The van der Waals surface area contributed by atoms with Gasteiger partial charge < -0.3 is 19.9 Å². The van der Waals surface area contributed by atoms with E-state index >= 15 is 0 Å². The molecule has 626 valence electrons. The van der Waals surface area contributed by atoms with Gasteiger partial charge in [0.05, 0.1) is 106 Å². The van der Waals surface area contributed by atoms with Crippen LogP contribution in [0.1, 0.15) is 70.7 Å². The topological polar surface area (TPSA) is 445 Å². The lowest BCUT2D eigenvalue weighted by atomic mass is 10.0. The summed E-state index contributed by atoms with van der Waals surface area (Å²) in [7, 11) is -16.7. The first-order chi connectivity index (χ1) is 58.2. The molecule has 0 spiro atoms. The lowest BCUT2D eigenvalue weighted by molar-refractivity contribution is -0.137. The smallest absolute Gasteiger partial charge is 0.360 e. The van der Waals surface area contributed by atoms with Crippen LogP contribution in [-0.4, -0.2) is 121 Å². The number of hydrogen-bond acceptors (Lipinski definition) is 22. The number of alkyl halides is 3. The van der Waals surface area contributed by atoms with E-state index in [2.05, 4.69) is 88.7 Å². The van der Waals surface area contributed by atoms with Gasteiger partial charge in [-0.15, -0.1) is 0 Å². The summed E-state index contributed by atoms with van der Waals surface area (Å²) in [4.78, 5) is 103. The van der Waals surface area contributed by atoms with Crippen molar-refractivity contribution in [1.29, 1.82) is 0 Å². The minimum absolute atomic E-state index is 0.0216. The molecule has 11 heterocycles. The molecule has 16 aromatic rings. The summed E-state index contributed by atoms with van der Waals surface area (Å²) >= 11 is 47.2. The van der Waals surface area contributed by atoms with Crippen LogP contribution in [0.25, 0.3) is 55.3 Å². The van der Waals surface area contributed by atoms with Crippen LogP contribution < -0.4 is 24.6 Å². The maximum absolute atomic E-state index is 13.2. The molecule has 0 amide bonds. The van der Waals surface area contributed by atoms with Gasteiger partial charge in [-0.2, -0.15) is 18.2 Å². The van der Waals surface area contributed by atoms with E-state index in [-0.39, 0.29) is 107 Å². The number of pyridine rings is 5. The van der Waals surface area contributed by atoms with E-state index in [1.807, 2.05) is 0 Å². The van der Waals surface area contributed by atoms with Crippen molar-refractivity contribution in [3.63, 3.8) is 0 Å². The fourth-order valence-electron chi connectivity index (χ4n) is 11.7. The molecule has 16 rings (SSSR count). The van der Waals surface area contributed by atoms with Crippen molar-refractivity contribution in [3.05, 3.63) is 315 Å². The number of H-pyrrole nitrogens is 4. The Bertz CT molecular complexity index is 7310. The normalized spacial score (nSPS) is 11.7. The van der Waals surface area contributed by atoms with Gasteiger partial charge in [0, 0.05) is 76.1 Å². The first-order valence-electron chi connectivity index (χ1n) is 34.7. The van der Waals surface area contributed by atoms with E-state index in [4.69, 9.17) is 92.8 Å². The zero-order chi connectivity index (χ0) is 88.4. The Labute approximate surface area is 733 Å². The van der Waals surface area contributed by atoms with Gasteiger partial charge in [0.15, 0.2) is 0 Å². The average molecular weight is 1900 g/mol. The second kappa shape index (κ2) is 36.1. The van der Waals surface area contributed by atoms with Crippen LogP contribution in [-0.2, 0) is 46.3 Å². The van der Waals surface area contributed by atoms with Crippen molar-refractivity contribution < 1.29 is 61.2 Å². The molecule has 0 aliphatic carbocycles. The maximum atomic E-state index is 13.2. The Kier molecular flexibility index (Phi) is 26.0. The first-order valence-corrected chi connectivity index (χ1v) is 43.7.